The van der Waals surface area contributed by atoms with Gasteiger partial charge in [-0.2, -0.15) is 0 Å². The van der Waals surface area contributed by atoms with Gasteiger partial charge < -0.3 is 9.72 Å². The Kier molecular flexibility index (Phi) is 3.32. The van der Waals surface area contributed by atoms with Crippen LogP contribution in [0.25, 0.3) is 10.9 Å². The van der Waals surface area contributed by atoms with Crippen molar-refractivity contribution in [3.05, 3.63) is 43.7 Å². The van der Waals surface area contributed by atoms with Gasteiger partial charge in [0, 0.05) is 6.20 Å². The minimum atomic E-state index is -0.716. The van der Waals surface area contributed by atoms with Gasteiger partial charge in [0.05, 0.1) is 28.1 Å². The molecule has 0 bridgehead atoms. The minimum Gasteiger partial charge on any atom is -0.465 e. The topological polar surface area (TPSA) is 59.2 Å². The molecule has 1 N–H and O–H groups in total. The molecule has 0 unspecified atom stereocenters. The number of aryl methyl sites for hydroxylation is 1. The van der Waals surface area contributed by atoms with Crippen molar-refractivity contribution in [1.29, 1.82) is 0 Å². The Balaban J connectivity index is 2.94. The SMILES string of the molecule is COC(=O)c1c[nH]c2c(Cl)cc(C)c(Cl)c2c1=O. The number of hydrogen-bond acceptors (Lipinski definition) is 3. The van der Waals surface area contributed by atoms with E-state index in [0.717, 1.165) is 0 Å². The van der Waals surface area contributed by atoms with Gasteiger partial charge in [-0.15, -0.1) is 0 Å². The summed E-state index contributed by atoms with van der Waals surface area (Å²) in [6.45, 7) is 1.73. The van der Waals surface area contributed by atoms with Crippen LogP contribution in [-0.4, -0.2) is 18.1 Å². The van der Waals surface area contributed by atoms with Crippen molar-refractivity contribution in [2.45, 2.75) is 6.92 Å². The first-order valence-electron chi connectivity index (χ1n) is 5.05. The quantitative estimate of drug-likeness (QED) is 0.820. The van der Waals surface area contributed by atoms with E-state index in [0.29, 0.717) is 16.1 Å². The van der Waals surface area contributed by atoms with Crippen LogP contribution in [-0.2, 0) is 4.74 Å². The Morgan fingerprint density at radius 3 is 2.67 bits per heavy atom. The lowest BCUT2D eigenvalue weighted by Gasteiger charge is -2.07. The summed E-state index contributed by atoms with van der Waals surface area (Å²) in [4.78, 5) is 26.4. The smallest absolute Gasteiger partial charge is 0.343 e. The molecule has 4 nitrogen and oxygen atoms in total. The predicted molar refractivity (Wildman–Crippen MR) is 70.7 cm³/mol. The van der Waals surface area contributed by atoms with E-state index in [1.165, 1.54) is 13.3 Å². The van der Waals surface area contributed by atoms with Crippen LogP contribution >= 0.6 is 23.2 Å². The van der Waals surface area contributed by atoms with E-state index in [1.54, 1.807) is 13.0 Å². The van der Waals surface area contributed by atoms with Crippen LogP contribution < -0.4 is 5.43 Å². The Labute approximate surface area is 112 Å². The van der Waals surface area contributed by atoms with E-state index in [1.807, 2.05) is 0 Å². The molecule has 18 heavy (non-hydrogen) atoms. The highest BCUT2D eigenvalue weighted by Crippen LogP contribution is 2.29. The zero-order valence-electron chi connectivity index (χ0n) is 9.64. The number of methoxy groups -OCH3 is 1. The van der Waals surface area contributed by atoms with Crippen molar-refractivity contribution in [1.82, 2.24) is 4.98 Å². The first-order valence-corrected chi connectivity index (χ1v) is 5.81. The van der Waals surface area contributed by atoms with Crippen molar-refractivity contribution in [3.8, 4) is 0 Å². The largest absolute Gasteiger partial charge is 0.465 e. The predicted octanol–water partition coefficient (Wildman–Crippen LogP) is 2.93. The van der Waals surface area contributed by atoms with Crippen molar-refractivity contribution >= 4 is 40.1 Å². The molecule has 2 rings (SSSR count). The molecule has 0 atom stereocenters. The van der Waals surface area contributed by atoms with Gasteiger partial charge in [-0.3, -0.25) is 4.79 Å². The zero-order chi connectivity index (χ0) is 13.4. The molecule has 1 aromatic carbocycles. The number of nitrogens with one attached hydrogen (secondary N) is 1. The molecule has 0 fully saturated rings. The van der Waals surface area contributed by atoms with Crippen LogP contribution in [0, 0.1) is 6.92 Å². The number of halogens is 2. The van der Waals surface area contributed by atoms with E-state index in [2.05, 4.69) is 9.72 Å². The molecular weight excluding hydrogens is 277 g/mol. The number of ether oxygens (including phenoxy) is 1. The number of aromatic amines is 1. The van der Waals surface area contributed by atoms with E-state index in [9.17, 15) is 9.59 Å². The fourth-order valence-corrected chi connectivity index (χ4v) is 2.26. The summed E-state index contributed by atoms with van der Waals surface area (Å²) in [6, 6.07) is 1.65. The van der Waals surface area contributed by atoms with Crippen LogP contribution in [0.5, 0.6) is 0 Å². The monoisotopic (exact) mass is 285 g/mol. The Hall–Kier alpha value is -1.52. The lowest BCUT2D eigenvalue weighted by Crippen LogP contribution is -2.17. The molecule has 6 heteroatoms. The summed E-state index contributed by atoms with van der Waals surface area (Å²) in [5.41, 5.74) is 0.478. The van der Waals surface area contributed by atoms with Crippen LogP contribution in [0.1, 0.15) is 15.9 Å². The third-order valence-electron chi connectivity index (χ3n) is 2.64. The lowest BCUT2D eigenvalue weighted by atomic mass is 10.1. The standard InChI is InChI=1S/C12H9Cl2NO3/c1-5-3-7(13)10-8(9(5)14)11(16)6(4-15-10)12(17)18-2/h3-4H,1-2H3,(H,15,16). The van der Waals surface area contributed by atoms with Crippen molar-refractivity contribution in [2.24, 2.45) is 0 Å². The second-order valence-corrected chi connectivity index (χ2v) is 4.55. The number of aromatic nitrogens is 1. The number of H-pyrrole nitrogens is 1. The molecule has 0 radical (unpaired) electrons. The molecule has 1 aromatic heterocycles. The zero-order valence-corrected chi connectivity index (χ0v) is 11.1. The molecule has 94 valence electrons. The maximum Gasteiger partial charge on any atom is 0.343 e. The van der Waals surface area contributed by atoms with E-state index < -0.39 is 11.4 Å². The summed E-state index contributed by atoms with van der Waals surface area (Å²) in [6.07, 6.45) is 1.27. The second-order valence-electron chi connectivity index (χ2n) is 3.76. The summed E-state index contributed by atoms with van der Waals surface area (Å²) in [7, 11) is 1.21. The van der Waals surface area contributed by atoms with Gasteiger partial charge >= 0.3 is 5.97 Å². The van der Waals surface area contributed by atoms with E-state index >= 15 is 0 Å². The molecule has 1 heterocycles. The van der Waals surface area contributed by atoms with Crippen molar-refractivity contribution in [3.63, 3.8) is 0 Å². The maximum absolute atomic E-state index is 12.2. The molecule has 0 saturated heterocycles. The van der Waals surface area contributed by atoms with E-state index in [-0.39, 0.29) is 16.0 Å². The molecule has 0 aliphatic heterocycles. The summed E-state index contributed by atoms with van der Waals surface area (Å²) in [5.74, 6) is -0.716. The summed E-state index contributed by atoms with van der Waals surface area (Å²) in [5, 5.41) is 0.853. The highest BCUT2D eigenvalue weighted by molar-refractivity contribution is 6.40. The van der Waals surface area contributed by atoms with Gasteiger partial charge in [-0.25, -0.2) is 4.79 Å². The van der Waals surface area contributed by atoms with Crippen LogP contribution in [0.4, 0.5) is 0 Å². The number of carbonyl (C=O) groups is 1. The minimum absolute atomic E-state index is 0.103. The highest BCUT2D eigenvalue weighted by atomic mass is 35.5. The van der Waals surface area contributed by atoms with Gasteiger partial charge in [0.2, 0.25) is 5.43 Å². The second kappa shape index (κ2) is 4.63. The summed E-state index contributed by atoms with van der Waals surface area (Å²) >= 11 is 12.1. The number of carbonyl (C=O) groups excluding carboxylic acids is 1. The fraction of sp³-hybridized carbons (Fsp3) is 0.167. The summed E-state index contributed by atoms with van der Waals surface area (Å²) < 4.78 is 4.53. The number of esters is 1. The van der Waals surface area contributed by atoms with Gasteiger partial charge in [-0.05, 0) is 18.6 Å². The molecule has 2 aromatic rings. The van der Waals surface area contributed by atoms with Crippen LogP contribution in [0.2, 0.25) is 10.0 Å². The van der Waals surface area contributed by atoms with Gasteiger partial charge in [0.1, 0.15) is 5.56 Å². The van der Waals surface area contributed by atoms with Crippen molar-refractivity contribution in [2.75, 3.05) is 7.11 Å². The molecule has 0 aliphatic rings. The Morgan fingerprint density at radius 1 is 1.39 bits per heavy atom. The van der Waals surface area contributed by atoms with Gasteiger partial charge in [0.15, 0.2) is 0 Å². The average Bonchev–Trinajstić information content (AvgIpc) is 2.35. The number of fused-ring (bicyclic) bond motifs is 1. The fourth-order valence-electron chi connectivity index (χ4n) is 1.71. The van der Waals surface area contributed by atoms with Gasteiger partial charge in [0.25, 0.3) is 0 Å². The van der Waals surface area contributed by atoms with Gasteiger partial charge in [-0.1, -0.05) is 23.2 Å². The van der Waals surface area contributed by atoms with Crippen LogP contribution in [0.15, 0.2) is 17.1 Å². The number of benzene rings is 1. The molecule has 0 saturated carbocycles. The number of rotatable bonds is 1. The normalized spacial score (nSPS) is 10.7. The Morgan fingerprint density at radius 2 is 2.06 bits per heavy atom. The van der Waals surface area contributed by atoms with E-state index in [4.69, 9.17) is 23.2 Å². The van der Waals surface area contributed by atoms with Crippen LogP contribution in [0.3, 0.4) is 0 Å². The third kappa shape index (κ3) is 1.87. The Bertz CT molecular complexity index is 707. The van der Waals surface area contributed by atoms with Crippen molar-refractivity contribution < 1.29 is 9.53 Å². The average molecular weight is 286 g/mol. The molecule has 0 aliphatic carbocycles. The number of pyridine rings is 1. The maximum atomic E-state index is 12.2. The molecule has 0 spiro atoms. The molecule has 0 amide bonds. The lowest BCUT2D eigenvalue weighted by molar-refractivity contribution is 0.0599. The first-order chi connectivity index (χ1) is 8.47. The molecular formula is C12H9Cl2NO3. The number of hydrogen-bond donors (Lipinski definition) is 1. The highest BCUT2D eigenvalue weighted by Gasteiger charge is 2.17. The third-order valence-corrected chi connectivity index (χ3v) is 3.42. The first kappa shape index (κ1) is 12.9.